The van der Waals surface area contributed by atoms with E-state index in [1.165, 1.54) is 25.1 Å². The topological polar surface area (TPSA) is 108 Å². The predicted octanol–water partition coefficient (Wildman–Crippen LogP) is 2.19. The third-order valence-electron chi connectivity index (χ3n) is 4.17. The van der Waals surface area contributed by atoms with Crippen molar-refractivity contribution in [2.75, 3.05) is 24.3 Å². The molecule has 2 aromatic carbocycles. The van der Waals surface area contributed by atoms with E-state index >= 15 is 0 Å². The molecule has 8 nitrogen and oxygen atoms in total. The maximum absolute atomic E-state index is 12.5. The number of hydrogen-bond donors (Lipinski definition) is 1. The standard InChI is InChI=1S/C20H21NO7S/c1-14(20(23)21-15-5-3-2-4-6-15)28-19(22)9-12-29(24,25)16-7-8-17-18(13-16)27-11-10-26-17/h2-8,13-14H,9-12H2,1H3,(H,21,23). The molecular weight excluding hydrogens is 398 g/mol. The molecule has 29 heavy (non-hydrogen) atoms. The van der Waals surface area contributed by atoms with E-state index in [-0.39, 0.29) is 11.3 Å². The number of rotatable bonds is 7. The number of carbonyl (C=O) groups is 2. The fraction of sp³-hybridized carbons (Fsp3) is 0.300. The number of sulfone groups is 1. The summed E-state index contributed by atoms with van der Waals surface area (Å²) in [5.41, 5.74) is 0.571. The Morgan fingerprint density at radius 3 is 2.48 bits per heavy atom. The lowest BCUT2D eigenvalue weighted by atomic mass is 10.3. The zero-order valence-corrected chi connectivity index (χ0v) is 16.6. The molecule has 0 aliphatic carbocycles. The first-order chi connectivity index (χ1) is 13.8. The highest BCUT2D eigenvalue weighted by Crippen LogP contribution is 2.32. The van der Waals surface area contributed by atoms with Crippen molar-refractivity contribution in [1.29, 1.82) is 0 Å². The van der Waals surface area contributed by atoms with Gasteiger partial charge in [-0.3, -0.25) is 9.59 Å². The zero-order valence-electron chi connectivity index (χ0n) is 15.8. The van der Waals surface area contributed by atoms with Crippen molar-refractivity contribution in [3.05, 3.63) is 48.5 Å². The summed E-state index contributed by atoms with van der Waals surface area (Å²) in [6, 6.07) is 13.0. The van der Waals surface area contributed by atoms with Crippen LogP contribution in [0.2, 0.25) is 0 Å². The summed E-state index contributed by atoms with van der Waals surface area (Å²) < 4.78 is 40.8. The summed E-state index contributed by atoms with van der Waals surface area (Å²) in [6.45, 7) is 2.16. The van der Waals surface area contributed by atoms with Gasteiger partial charge >= 0.3 is 5.97 Å². The molecule has 154 valence electrons. The second-order valence-electron chi connectivity index (χ2n) is 6.36. The van der Waals surface area contributed by atoms with Crippen LogP contribution in [0.3, 0.4) is 0 Å². The van der Waals surface area contributed by atoms with Gasteiger partial charge in [-0.25, -0.2) is 8.42 Å². The number of ether oxygens (including phenoxy) is 3. The summed E-state index contributed by atoms with van der Waals surface area (Å²) in [4.78, 5) is 24.1. The molecule has 0 fully saturated rings. The van der Waals surface area contributed by atoms with E-state index in [9.17, 15) is 18.0 Å². The van der Waals surface area contributed by atoms with Crippen LogP contribution in [0.4, 0.5) is 5.69 Å². The van der Waals surface area contributed by atoms with Gasteiger partial charge in [0.1, 0.15) is 13.2 Å². The Balaban J connectivity index is 1.53. The molecule has 2 aromatic rings. The van der Waals surface area contributed by atoms with Crippen LogP contribution in [-0.4, -0.2) is 45.4 Å². The quantitative estimate of drug-likeness (QED) is 0.686. The van der Waals surface area contributed by atoms with Gasteiger partial charge in [0.05, 0.1) is 17.1 Å². The smallest absolute Gasteiger partial charge is 0.307 e. The average Bonchev–Trinajstić information content (AvgIpc) is 2.72. The molecule has 0 saturated heterocycles. The Hall–Kier alpha value is -3.07. The van der Waals surface area contributed by atoms with E-state index in [1.807, 2.05) is 0 Å². The van der Waals surface area contributed by atoms with Crippen LogP contribution >= 0.6 is 0 Å². The fourth-order valence-corrected chi connectivity index (χ4v) is 3.86. The molecule has 1 heterocycles. The highest BCUT2D eigenvalue weighted by Gasteiger charge is 2.23. The van der Waals surface area contributed by atoms with Gasteiger partial charge in [-0.15, -0.1) is 0 Å². The van der Waals surface area contributed by atoms with E-state index in [4.69, 9.17) is 14.2 Å². The number of hydrogen-bond acceptors (Lipinski definition) is 7. The first-order valence-electron chi connectivity index (χ1n) is 9.03. The number of fused-ring (bicyclic) bond motifs is 1. The predicted molar refractivity (Wildman–Crippen MR) is 105 cm³/mol. The van der Waals surface area contributed by atoms with Crippen LogP contribution in [0.25, 0.3) is 0 Å². The zero-order chi connectivity index (χ0) is 20.9. The van der Waals surface area contributed by atoms with Crippen molar-refractivity contribution in [2.24, 2.45) is 0 Å². The highest BCUT2D eigenvalue weighted by molar-refractivity contribution is 7.91. The van der Waals surface area contributed by atoms with Crippen molar-refractivity contribution in [3.63, 3.8) is 0 Å². The Labute approximate surface area is 168 Å². The van der Waals surface area contributed by atoms with Crippen LogP contribution in [0.5, 0.6) is 11.5 Å². The van der Waals surface area contributed by atoms with Crippen molar-refractivity contribution in [3.8, 4) is 11.5 Å². The highest BCUT2D eigenvalue weighted by atomic mass is 32.2. The summed E-state index contributed by atoms with van der Waals surface area (Å²) in [5, 5.41) is 2.61. The summed E-state index contributed by atoms with van der Waals surface area (Å²) in [5.74, 6) is -0.890. The van der Waals surface area contributed by atoms with E-state index in [0.717, 1.165) is 0 Å². The van der Waals surface area contributed by atoms with Crippen LogP contribution in [0.1, 0.15) is 13.3 Å². The minimum absolute atomic E-state index is 0.0319. The second-order valence-corrected chi connectivity index (χ2v) is 8.47. The van der Waals surface area contributed by atoms with E-state index in [2.05, 4.69) is 5.32 Å². The third kappa shape index (κ3) is 5.47. The average molecular weight is 419 g/mol. The number of esters is 1. The normalized spacial score (nSPS) is 14.0. The number of nitrogens with one attached hydrogen (secondary N) is 1. The van der Waals surface area contributed by atoms with Gasteiger partial charge in [-0.05, 0) is 31.2 Å². The maximum Gasteiger partial charge on any atom is 0.307 e. The Bertz CT molecular complexity index is 989. The van der Waals surface area contributed by atoms with Gasteiger partial charge in [0.15, 0.2) is 27.4 Å². The summed E-state index contributed by atoms with van der Waals surface area (Å²) in [6.07, 6.45) is -1.43. The molecule has 1 aliphatic heterocycles. The third-order valence-corrected chi connectivity index (χ3v) is 5.88. The SMILES string of the molecule is CC(OC(=O)CCS(=O)(=O)c1ccc2c(c1)OCCO2)C(=O)Nc1ccccc1. The molecule has 0 bridgehead atoms. The molecule has 0 radical (unpaired) electrons. The number of para-hydroxylation sites is 1. The van der Waals surface area contributed by atoms with Gasteiger partial charge in [-0.1, -0.05) is 18.2 Å². The lowest BCUT2D eigenvalue weighted by Gasteiger charge is -2.18. The van der Waals surface area contributed by atoms with Crippen molar-refractivity contribution in [1.82, 2.24) is 0 Å². The van der Waals surface area contributed by atoms with Gasteiger partial charge in [0.25, 0.3) is 5.91 Å². The molecule has 1 amide bonds. The molecular formula is C20H21NO7S. The van der Waals surface area contributed by atoms with Crippen LogP contribution in [0, 0.1) is 0 Å². The number of benzene rings is 2. The lowest BCUT2D eigenvalue weighted by molar-refractivity contribution is -0.152. The Morgan fingerprint density at radius 2 is 1.76 bits per heavy atom. The number of carbonyl (C=O) groups excluding carboxylic acids is 2. The van der Waals surface area contributed by atoms with Gasteiger partial charge in [0, 0.05) is 11.8 Å². The molecule has 1 unspecified atom stereocenters. The fourth-order valence-electron chi connectivity index (χ4n) is 2.63. The van der Waals surface area contributed by atoms with Crippen LogP contribution in [0.15, 0.2) is 53.4 Å². The monoisotopic (exact) mass is 419 g/mol. The molecule has 3 rings (SSSR count). The molecule has 0 spiro atoms. The minimum atomic E-state index is -3.73. The Kier molecular flexibility index (Phi) is 6.38. The largest absolute Gasteiger partial charge is 0.486 e. The van der Waals surface area contributed by atoms with Crippen LogP contribution < -0.4 is 14.8 Å². The first kappa shape index (κ1) is 20.7. The van der Waals surface area contributed by atoms with E-state index in [1.54, 1.807) is 30.3 Å². The van der Waals surface area contributed by atoms with Crippen molar-refractivity contribution in [2.45, 2.75) is 24.3 Å². The van der Waals surface area contributed by atoms with Crippen LogP contribution in [-0.2, 0) is 24.2 Å². The first-order valence-corrected chi connectivity index (χ1v) is 10.7. The molecule has 9 heteroatoms. The lowest BCUT2D eigenvalue weighted by Crippen LogP contribution is -2.30. The molecule has 1 aliphatic rings. The van der Waals surface area contributed by atoms with Crippen molar-refractivity contribution < 1.29 is 32.2 Å². The number of amides is 1. The van der Waals surface area contributed by atoms with Gasteiger partial charge in [0.2, 0.25) is 0 Å². The minimum Gasteiger partial charge on any atom is -0.486 e. The second kappa shape index (κ2) is 8.95. The Morgan fingerprint density at radius 1 is 1.07 bits per heavy atom. The molecule has 1 N–H and O–H groups in total. The molecule has 1 atom stereocenters. The summed E-state index contributed by atoms with van der Waals surface area (Å²) in [7, 11) is -3.73. The number of anilines is 1. The molecule has 0 saturated carbocycles. The summed E-state index contributed by atoms with van der Waals surface area (Å²) >= 11 is 0. The maximum atomic E-state index is 12.5. The molecule has 0 aromatic heterocycles. The van der Waals surface area contributed by atoms with E-state index in [0.29, 0.717) is 30.4 Å². The van der Waals surface area contributed by atoms with Gasteiger partial charge in [-0.2, -0.15) is 0 Å². The van der Waals surface area contributed by atoms with E-state index < -0.39 is 33.6 Å². The van der Waals surface area contributed by atoms with Gasteiger partial charge < -0.3 is 19.5 Å². The van der Waals surface area contributed by atoms with Crippen molar-refractivity contribution >= 4 is 27.4 Å².